The van der Waals surface area contributed by atoms with Crippen LogP contribution >= 0.6 is 0 Å². The molecule has 6 nitrogen and oxygen atoms in total. The highest BCUT2D eigenvalue weighted by Gasteiger charge is 2.15. The van der Waals surface area contributed by atoms with Gasteiger partial charge in [-0.15, -0.1) is 0 Å². The molecule has 12 rings (SSSR count). The Kier molecular flexibility index (Phi) is 9.73. The predicted octanol–water partition coefficient (Wildman–Crippen LogP) is 15.8. The number of rotatable bonds is 9. The molecule has 0 N–H and O–H groups in total. The van der Waals surface area contributed by atoms with E-state index in [1.165, 1.54) is 0 Å². The van der Waals surface area contributed by atoms with Crippen LogP contribution in [0.15, 0.2) is 239 Å². The smallest absolute Gasteiger partial charge is 0.227 e. The molecule has 66 heavy (non-hydrogen) atoms. The van der Waals surface area contributed by atoms with Crippen LogP contribution in [0.1, 0.15) is 0 Å². The molecule has 0 fully saturated rings. The molecule has 4 heterocycles. The summed E-state index contributed by atoms with van der Waals surface area (Å²) in [5.41, 5.74) is 20.0. The quantitative estimate of drug-likeness (QED) is 0.144. The van der Waals surface area contributed by atoms with Crippen LogP contribution in [0.3, 0.4) is 0 Å². The van der Waals surface area contributed by atoms with E-state index in [2.05, 4.69) is 173 Å². The second-order valence-corrected chi connectivity index (χ2v) is 16.2. The summed E-state index contributed by atoms with van der Waals surface area (Å²) >= 11 is 0. The SMILES string of the molecule is c1ccc(-c2ccc(-c3ccc(-c4ccc(-c5ccc(-c6nc7ccccc7o6)cc5)cc4)cc3)c(-c3ccc(-c4ccc(-c5ccc(-c6nc7ccccc7o6)cc5)cc4)cc3)n2)nc1. The molecular formula is C60H38N4O2. The zero-order chi connectivity index (χ0) is 43.8. The molecule has 8 aromatic carbocycles. The summed E-state index contributed by atoms with van der Waals surface area (Å²) in [5, 5.41) is 0. The summed E-state index contributed by atoms with van der Waals surface area (Å²) in [4.78, 5) is 19.2. The van der Waals surface area contributed by atoms with E-state index in [1.807, 2.05) is 72.9 Å². The maximum Gasteiger partial charge on any atom is 0.227 e. The monoisotopic (exact) mass is 846 g/mol. The van der Waals surface area contributed by atoms with Gasteiger partial charge < -0.3 is 8.83 Å². The Morgan fingerprint density at radius 2 is 0.621 bits per heavy atom. The summed E-state index contributed by atoms with van der Waals surface area (Å²) in [5.74, 6) is 1.25. The van der Waals surface area contributed by atoms with Gasteiger partial charge >= 0.3 is 0 Å². The van der Waals surface area contributed by atoms with Gasteiger partial charge in [-0.05, 0) is 123 Å². The lowest BCUT2D eigenvalue weighted by atomic mass is 9.94. The standard InChI is InChI=1S/C60H38N4O2/c1-3-10-56-54(8-1)63-59(65-56)49-32-24-45(25-33-49)41-16-12-39(13-17-41)43-20-28-47(29-21-43)51-36-37-53(52-7-5-6-38-61-52)62-58(51)48-30-22-44(23-31-48)40-14-18-42(19-15-40)46-26-34-50(35-27-46)60-64-55-9-2-4-11-57(55)66-60/h1-38H. The lowest BCUT2D eigenvalue weighted by molar-refractivity contribution is 0.619. The molecule has 0 amide bonds. The molecule has 0 atom stereocenters. The van der Waals surface area contributed by atoms with Crippen LogP contribution in [0.2, 0.25) is 0 Å². The van der Waals surface area contributed by atoms with Crippen molar-refractivity contribution in [3.05, 3.63) is 231 Å². The van der Waals surface area contributed by atoms with Gasteiger partial charge in [0.15, 0.2) is 11.2 Å². The van der Waals surface area contributed by atoms with Crippen molar-refractivity contribution in [3.63, 3.8) is 0 Å². The van der Waals surface area contributed by atoms with Crippen LogP contribution in [-0.4, -0.2) is 19.9 Å². The number of aromatic nitrogens is 4. The van der Waals surface area contributed by atoms with Crippen LogP contribution in [0.4, 0.5) is 0 Å². The number of para-hydroxylation sites is 4. The van der Waals surface area contributed by atoms with E-state index in [0.717, 1.165) is 112 Å². The third-order valence-corrected chi connectivity index (χ3v) is 12.1. The fraction of sp³-hybridized carbons (Fsp3) is 0. The van der Waals surface area contributed by atoms with E-state index in [1.54, 1.807) is 0 Å². The minimum atomic E-state index is 0.626. The number of fused-ring (bicyclic) bond motifs is 2. The molecule has 12 aromatic rings. The third-order valence-electron chi connectivity index (χ3n) is 12.1. The number of hydrogen-bond donors (Lipinski definition) is 0. The van der Waals surface area contributed by atoms with Crippen LogP contribution in [0.5, 0.6) is 0 Å². The van der Waals surface area contributed by atoms with Crippen molar-refractivity contribution in [1.82, 2.24) is 19.9 Å². The zero-order valence-electron chi connectivity index (χ0n) is 35.5. The minimum Gasteiger partial charge on any atom is -0.436 e. The average Bonchev–Trinajstić information content (AvgIpc) is 4.05. The van der Waals surface area contributed by atoms with Gasteiger partial charge in [-0.25, -0.2) is 15.0 Å². The first-order valence-electron chi connectivity index (χ1n) is 21.9. The van der Waals surface area contributed by atoms with Gasteiger partial charge in [-0.2, -0.15) is 0 Å². The summed E-state index contributed by atoms with van der Waals surface area (Å²) in [6, 6.07) is 77.4. The van der Waals surface area contributed by atoms with Gasteiger partial charge in [0.25, 0.3) is 0 Å². The van der Waals surface area contributed by atoms with Gasteiger partial charge in [-0.3, -0.25) is 4.98 Å². The highest BCUT2D eigenvalue weighted by Crippen LogP contribution is 2.37. The number of hydrogen-bond acceptors (Lipinski definition) is 6. The first kappa shape index (κ1) is 38.7. The maximum atomic E-state index is 5.98. The third kappa shape index (κ3) is 7.52. The van der Waals surface area contributed by atoms with E-state index in [-0.39, 0.29) is 0 Å². The fourth-order valence-electron chi connectivity index (χ4n) is 8.54. The van der Waals surface area contributed by atoms with Gasteiger partial charge in [0.05, 0.1) is 17.1 Å². The van der Waals surface area contributed by atoms with E-state index < -0.39 is 0 Å². The maximum absolute atomic E-state index is 5.98. The van der Waals surface area contributed by atoms with Gasteiger partial charge in [0, 0.05) is 28.5 Å². The molecule has 0 unspecified atom stereocenters. The highest BCUT2D eigenvalue weighted by molar-refractivity contribution is 5.85. The second kappa shape index (κ2) is 16.6. The van der Waals surface area contributed by atoms with Crippen molar-refractivity contribution in [1.29, 1.82) is 0 Å². The molecule has 4 aromatic heterocycles. The van der Waals surface area contributed by atoms with E-state index in [0.29, 0.717) is 11.8 Å². The molecule has 0 aliphatic rings. The van der Waals surface area contributed by atoms with Crippen molar-refractivity contribution < 1.29 is 8.83 Å². The highest BCUT2D eigenvalue weighted by atomic mass is 16.4. The second-order valence-electron chi connectivity index (χ2n) is 16.2. The summed E-state index contributed by atoms with van der Waals surface area (Å²) < 4.78 is 12.0. The molecule has 6 heteroatoms. The minimum absolute atomic E-state index is 0.626. The lowest BCUT2D eigenvalue weighted by Gasteiger charge is -2.13. The Morgan fingerprint density at radius 3 is 1.02 bits per heavy atom. The first-order chi connectivity index (χ1) is 32.6. The fourth-order valence-corrected chi connectivity index (χ4v) is 8.54. The van der Waals surface area contributed by atoms with Crippen LogP contribution in [0, 0.1) is 0 Å². The number of pyridine rings is 2. The molecule has 0 saturated carbocycles. The first-order valence-corrected chi connectivity index (χ1v) is 21.9. The zero-order valence-corrected chi connectivity index (χ0v) is 35.5. The van der Waals surface area contributed by atoms with Gasteiger partial charge in [0.2, 0.25) is 11.8 Å². The van der Waals surface area contributed by atoms with Crippen molar-refractivity contribution in [3.8, 4) is 101 Å². The largest absolute Gasteiger partial charge is 0.436 e. The predicted molar refractivity (Wildman–Crippen MR) is 266 cm³/mol. The number of nitrogens with zero attached hydrogens (tertiary/aromatic N) is 4. The van der Waals surface area contributed by atoms with Crippen molar-refractivity contribution in [2.75, 3.05) is 0 Å². The number of benzene rings is 8. The summed E-state index contributed by atoms with van der Waals surface area (Å²) in [7, 11) is 0. The van der Waals surface area contributed by atoms with Gasteiger partial charge in [0.1, 0.15) is 11.0 Å². The van der Waals surface area contributed by atoms with Crippen molar-refractivity contribution in [2.45, 2.75) is 0 Å². The lowest BCUT2D eigenvalue weighted by Crippen LogP contribution is -1.94. The van der Waals surface area contributed by atoms with Crippen LogP contribution < -0.4 is 0 Å². The average molecular weight is 847 g/mol. The van der Waals surface area contributed by atoms with E-state index in [9.17, 15) is 0 Å². The van der Waals surface area contributed by atoms with E-state index in [4.69, 9.17) is 13.8 Å². The Balaban J connectivity index is 0.778. The van der Waals surface area contributed by atoms with Crippen LogP contribution in [0.25, 0.3) is 123 Å². The van der Waals surface area contributed by atoms with Crippen LogP contribution in [-0.2, 0) is 0 Å². The topological polar surface area (TPSA) is 77.8 Å². The Hall–Kier alpha value is -9.00. The molecule has 0 radical (unpaired) electrons. The molecule has 0 aliphatic carbocycles. The van der Waals surface area contributed by atoms with Crippen molar-refractivity contribution >= 4 is 22.2 Å². The van der Waals surface area contributed by atoms with E-state index >= 15 is 0 Å². The number of oxazole rings is 2. The molecule has 310 valence electrons. The Labute approximate surface area is 381 Å². The normalized spacial score (nSPS) is 11.3. The molecule has 0 saturated heterocycles. The molecule has 0 spiro atoms. The summed E-state index contributed by atoms with van der Waals surface area (Å²) in [6.07, 6.45) is 1.81. The Bertz CT molecular complexity index is 3570. The molecule has 0 aliphatic heterocycles. The molecular weight excluding hydrogens is 809 g/mol. The molecule has 0 bridgehead atoms. The Morgan fingerprint density at radius 1 is 0.258 bits per heavy atom. The van der Waals surface area contributed by atoms with Gasteiger partial charge in [-0.1, -0.05) is 152 Å². The van der Waals surface area contributed by atoms with Crippen molar-refractivity contribution in [2.24, 2.45) is 0 Å². The summed E-state index contributed by atoms with van der Waals surface area (Å²) in [6.45, 7) is 0.